The molecule has 172 valence electrons. The largest absolute Gasteiger partial charge is 0.508 e. The van der Waals surface area contributed by atoms with Crippen molar-refractivity contribution in [1.82, 2.24) is 0 Å². The minimum atomic E-state index is -0.577. The molecule has 0 spiro atoms. The Labute approximate surface area is 190 Å². The van der Waals surface area contributed by atoms with Gasteiger partial charge in [0.2, 0.25) is 5.43 Å². The van der Waals surface area contributed by atoms with Gasteiger partial charge in [0.05, 0.1) is 22.8 Å². The normalized spacial score (nSPS) is 25.8. The van der Waals surface area contributed by atoms with E-state index < -0.39 is 5.60 Å². The lowest BCUT2D eigenvalue weighted by Gasteiger charge is -2.31. The number of epoxide rings is 2. The molecule has 33 heavy (non-hydrogen) atoms. The van der Waals surface area contributed by atoms with E-state index in [0.29, 0.717) is 34.4 Å². The fourth-order valence-electron chi connectivity index (χ4n) is 4.93. The van der Waals surface area contributed by atoms with E-state index in [4.69, 9.17) is 18.6 Å². The number of hydrogen-bond donors (Lipinski definition) is 2. The molecule has 7 nitrogen and oxygen atoms in total. The highest BCUT2D eigenvalue weighted by Crippen LogP contribution is 2.59. The van der Waals surface area contributed by atoms with Crippen LogP contribution in [0, 0.1) is 6.92 Å². The average molecular weight is 450 g/mol. The molecule has 2 aromatic carbocycles. The van der Waals surface area contributed by atoms with E-state index in [1.807, 2.05) is 27.7 Å². The van der Waals surface area contributed by atoms with Gasteiger partial charge in [0.25, 0.3) is 0 Å². The summed E-state index contributed by atoms with van der Waals surface area (Å²) in [7, 11) is 0. The van der Waals surface area contributed by atoms with Gasteiger partial charge in [0.15, 0.2) is 5.58 Å². The molecule has 3 aliphatic rings. The van der Waals surface area contributed by atoms with Crippen LogP contribution < -0.4 is 10.2 Å². The standard InChI is InChI=1S/C26H26O7/c1-11-6-7-12(8-15(11)27)14-10-30-22-17(20(14)29)19(28)13(9-16-25(2,3)32-16)21-18(22)23-24(31-23)26(4,5)33-21/h6-8,10,16,23-24,27-28H,9H2,1-5H3. The van der Waals surface area contributed by atoms with E-state index in [1.165, 1.54) is 12.3 Å². The third kappa shape index (κ3) is 2.92. The highest BCUT2D eigenvalue weighted by molar-refractivity contribution is 5.93. The van der Waals surface area contributed by atoms with Crippen LogP contribution in [0.2, 0.25) is 0 Å². The summed E-state index contributed by atoms with van der Waals surface area (Å²) in [4.78, 5) is 13.6. The minimum Gasteiger partial charge on any atom is -0.508 e. The maximum Gasteiger partial charge on any atom is 0.204 e. The molecule has 0 bridgehead atoms. The fourth-order valence-corrected chi connectivity index (χ4v) is 4.93. The molecule has 3 aromatic rings. The van der Waals surface area contributed by atoms with Crippen molar-refractivity contribution < 1.29 is 28.8 Å². The van der Waals surface area contributed by atoms with Gasteiger partial charge in [0, 0.05) is 12.0 Å². The van der Waals surface area contributed by atoms with Crippen LogP contribution in [0.4, 0.5) is 0 Å². The van der Waals surface area contributed by atoms with Crippen LogP contribution in [-0.4, -0.2) is 33.6 Å². The predicted molar refractivity (Wildman–Crippen MR) is 121 cm³/mol. The highest BCUT2D eigenvalue weighted by Gasteiger charge is 2.59. The summed E-state index contributed by atoms with van der Waals surface area (Å²) >= 11 is 0. The summed E-state index contributed by atoms with van der Waals surface area (Å²) in [5, 5.41) is 21.6. The third-order valence-electron chi connectivity index (χ3n) is 7.18. The molecule has 6 rings (SSSR count). The second-order valence-electron chi connectivity index (χ2n) is 10.4. The number of hydrogen-bond acceptors (Lipinski definition) is 7. The number of aromatic hydroxyl groups is 2. The molecule has 2 saturated heterocycles. The molecule has 0 radical (unpaired) electrons. The second kappa shape index (κ2) is 6.30. The Morgan fingerprint density at radius 3 is 2.48 bits per heavy atom. The number of rotatable bonds is 3. The number of fused-ring (bicyclic) bond motifs is 5. The number of phenols is 2. The van der Waals surface area contributed by atoms with Crippen molar-refractivity contribution in [3.8, 4) is 28.4 Å². The topological polar surface area (TPSA) is 105 Å². The van der Waals surface area contributed by atoms with E-state index >= 15 is 0 Å². The molecule has 0 saturated carbocycles. The first-order chi connectivity index (χ1) is 15.5. The SMILES string of the molecule is Cc1ccc(-c2coc3c4c(c(CC5OC5(C)C)c(O)c3c2=O)OC(C)(C)C2OC42)cc1O. The monoisotopic (exact) mass is 450 g/mol. The molecule has 2 fully saturated rings. The van der Waals surface area contributed by atoms with Gasteiger partial charge in [-0.2, -0.15) is 0 Å². The molecular weight excluding hydrogens is 424 g/mol. The molecule has 3 unspecified atom stereocenters. The number of ether oxygens (including phenoxy) is 3. The van der Waals surface area contributed by atoms with Crippen LogP contribution in [0.5, 0.6) is 17.2 Å². The van der Waals surface area contributed by atoms with Gasteiger partial charge in [-0.05, 0) is 51.8 Å². The molecule has 0 aliphatic carbocycles. The molecule has 3 atom stereocenters. The molecule has 2 N–H and O–H groups in total. The molecular formula is C26H26O7. The van der Waals surface area contributed by atoms with Crippen molar-refractivity contribution in [3.63, 3.8) is 0 Å². The Morgan fingerprint density at radius 1 is 1.09 bits per heavy atom. The molecule has 1 aromatic heterocycles. The van der Waals surface area contributed by atoms with Gasteiger partial charge in [-0.3, -0.25) is 4.79 Å². The highest BCUT2D eigenvalue weighted by atomic mass is 16.6. The Hall–Kier alpha value is -3.03. The molecule has 3 aliphatic heterocycles. The smallest absolute Gasteiger partial charge is 0.204 e. The van der Waals surface area contributed by atoms with Crippen molar-refractivity contribution in [2.24, 2.45) is 0 Å². The van der Waals surface area contributed by atoms with E-state index in [2.05, 4.69) is 0 Å². The Kier molecular flexibility index (Phi) is 3.93. The van der Waals surface area contributed by atoms with Crippen molar-refractivity contribution in [1.29, 1.82) is 0 Å². The van der Waals surface area contributed by atoms with Gasteiger partial charge < -0.3 is 28.8 Å². The number of aryl methyl sites for hydroxylation is 1. The Balaban J connectivity index is 1.61. The zero-order valence-corrected chi connectivity index (χ0v) is 19.2. The van der Waals surface area contributed by atoms with E-state index in [1.54, 1.807) is 19.1 Å². The maximum atomic E-state index is 13.6. The summed E-state index contributed by atoms with van der Waals surface area (Å²) in [6, 6.07) is 5.00. The lowest BCUT2D eigenvalue weighted by Crippen LogP contribution is -2.38. The van der Waals surface area contributed by atoms with Gasteiger partial charge in [-0.15, -0.1) is 0 Å². The van der Waals surface area contributed by atoms with E-state index in [0.717, 1.165) is 0 Å². The predicted octanol–water partition coefficient (Wildman–Crippen LogP) is 4.51. The summed E-state index contributed by atoms with van der Waals surface area (Å²) < 4.78 is 24.0. The quantitative estimate of drug-likeness (QED) is 0.566. The van der Waals surface area contributed by atoms with Gasteiger partial charge in [-0.1, -0.05) is 12.1 Å². The first-order valence-electron chi connectivity index (χ1n) is 11.1. The fraction of sp³-hybridized carbons (Fsp3) is 0.423. The van der Waals surface area contributed by atoms with Crippen LogP contribution in [0.1, 0.15) is 50.5 Å². The summed E-state index contributed by atoms with van der Waals surface area (Å²) in [5.41, 5.74) is 1.68. The van der Waals surface area contributed by atoms with Crippen LogP contribution in [-0.2, 0) is 15.9 Å². The second-order valence-corrected chi connectivity index (χ2v) is 10.4. The summed E-state index contributed by atoms with van der Waals surface area (Å²) in [6.45, 7) is 9.66. The number of phenolic OH excluding ortho intramolecular Hbond substituents is 2. The van der Waals surface area contributed by atoms with Gasteiger partial charge in [0.1, 0.15) is 46.7 Å². The van der Waals surface area contributed by atoms with Crippen molar-refractivity contribution in [2.45, 2.75) is 70.6 Å². The van der Waals surface area contributed by atoms with Crippen molar-refractivity contribution in [2.75, 3.05) is 0 Å². The van der Waals surface area contributed by atoms with Gasteiger partial charge >= 0.3 is 0 Å². The number of benzene rings is 2. The van der Waals surface area contributed by atoms with Crippen LogP contribution in [0.25, 0.3) is 22.1 Å². The Morgan fingerprint density at radius 2 is 1.82 bits per heavy atom. The first-order valence-corrected chi connectivity index (χ1v) is 11.1. The Bertz CT molecular complexity index is 1400. The van der Waals surface area contributed by atoms with Crippen LogP contribution in [0.3, 0.4) is 0 Å². The van der Waals surface area contributed by atoms with Crippen molar-refractivity contribution >= 4 is 11.0 Å². The van der Waals surface area contributed by atoms with Crippen LogP contribution >= 0.6 is 0 Å². The van der Waals surface area contributed by atoms with Gasteiger partial charge in [-0.25, -0.2) is 0 Å². The van der Waals surface area contributed by atoms with Crippen LogP contribution in [0.15, 0.2) is 33.7 Å². The average Bonchev–Trinajstić information content (AvgIpc) is 3.63. The molecule has 4 heterocycles. The first kappa shape index (κ1) is 20.6. The zero-order valence-electron chi connectivity index (χ0n) is 19.2. The zero-order chi connectivity index (χ0) is 23.4. The van der Waals surface area contributed by atoms with Crippen molar-refractivity contribution in [3.05, 3.63) is 51.4 Å². The minimum absolute atomic E-state index is 0.0836. The lowest BCUT2D eigenvalue weighted by atomic mass is 9.88. The third-order valence-corrected chi connectivity index (χ3v) is 7.18. The van der Waals surface area contributed by atoms with E-state index in [9.17, 15) is 15.0 Å². The molecule has 0 amide bonds. The molecule has 7 heteroatoms. The maximum absolute atomic E-state index is 13.6. The van der Waals surface area contributed by atoms with E-state index in [-0.39, 0.29) is 57.4 Å². The lowest BCUT2D eigenvalue weighted by molar-refractivity contribution is 0.0710. The summed E-state index contributed by atoms with van der Waals surface area (Å²) in [6.07, 6.45) is 1.26. The summed E-state index contributed by atoms with van der Waals surface area (Å²) in [5.74, 6) is 0.441.